The monoisotopic (exact) mass is 217 g/mol. The van der Waals surface area contributed by atoms with Crippen LogP contribution in [-0.4, -0.2) is 12.5 Å². The van der Waals surface area contributed by atoms with E-state index in [9.17, 15) is 4.79 Å². The summed E-state index contributed by atoms with van der Waals surface area (Å²) < 4.78 is 0. The van der Waals surface area contributed by atoms with Crippen LogP contribution in [0.5, 0.6) is 0 Å². The Balaban J connectivity index is 2.36. The van der Waals surface area contributed by atoms with E-state index in [1.165, 1.54) is 11.1 Å². The van der Waals surface area contributed by atoms with E-state index in [1.807, 2.05) is 0 Å². The average Bonchev–Trinajstić information content (AvgIpc) is 2.23. The first-order chi connectivity index (χ1) is 7.58. The quantitative estimate of drug-likeness (QED) is 0.811. The zero-order valence-corrected chi connectivity index (χ0v) is 10.2. The van der Waals surface area contributed by atoms with E-state index in [-0.39, 0.29) is 5.91 Å². The maximum atomic E-state index is 11.8. The van der Waals surface area contributed by atoms with E-state index < -0.39 is 0 Å². The molecule has 2 rings (SSSR count). The van der Waals surface area contributed by atoms with Crippen LogP contribution in [0.1, 0.15) is 48.2 Å². The van der Waals surface area contributed by atoms with Gasteiger partial charge < -0.3 is 5.32 Å². The maximum Gasteiger partial charge on any atom is 0.251 e. The smallest absolute Gasteiger partial charge is 0.251 e. The molecule has 1 atom stereocenters. The Kier molecular flexibility index (Phi) is 2.99. The lowest BCUT2D eigenvalue weighted by Gasteiger charge is -2.23. The highest BCUT2D eigenvalue weighted by atomic mass is 16.1. The molecule has 1 aliphatic rings. The first-order valence-electron chi connectivity index (χ1n) is 5.99. The molecule has 1 heterocycles. The van der Waals surface area contributed by atoms with Crippen LogP contribution in [0.3, 0.4) is 0 Å². The molecule has 1 N–H and O–H groups in total. The van der Waals surface area contributed by atoms with Crippen LogP contribution in [0.25, 0.3) is 0 Å². The molecule has 0 fully saturated rings. The fourth-order valence-electron chi connectivity index (χ4n) is 2.28. The first-order valence-corrected chi connectivity index (χ1v) is 5.99. The van der Waals surface area contributed by atoms with Gasteiger partial charge >= 0.3 is 0 Å². The molecule has 1 aliphatic heterocycles. The topological polar surface area (TPSA) is 29.1 Å². The van der Waals surface area contributed by atoms with Crippen molar-refractivity contribution in [3.8, 4) is 0 Å². The normalized spacial score (nSPS) is 19.5. The molecule has 0 saturated carbocycles. The third-order valence-electron chi connectivity index (χ3n) is 3.11. The Morgan fingerprint density at radius 3 is 2.88 bits per heavy atom. The van der Waals surface area contributed by atoms with Crippen molar-refractivity contribution in [1.82, 2.24) is 5.32 Å². The molecular weight excluding hydrogens is 198 g/mol. The van der Waals surface area contributed by atoms with Gasteiger partial charge in [-0.25, -0.2) is 0 Å². The van der Waals surface area contributed by atoms with Crippen LogP contribution in [0.15, 0.2) is 18.2 Å². The van der Waals surface area contributed by atoms with Crippen molar-refractivity contribution in [2.45, 2.75) is 33.1 Å². The predicted molar refractivity (Wildman–Crippen MR) is 65.7 cm³/mol. The molecule has 0 saturated heterocycles. The molecule has 2 nitrogen and oxygen atoms in total. The highest BCUT2D eigenvalue weighted by molar-refractivity contribution is 5.97. The molecule has 1 unspecified atom stereocenters. The van der Waals surface area contributed by atoms with Crippen molar-refractivity contribution in [2.75, 3.05) is 6.54 Å². The van der Waals surface area contributed by atoms with E-state index in [0.717, 1.165) is 18.5 Å². The summed E-state index contributed by atoms with van der Waals surface area (Å²) in [7, 11) is 0. The van der Waals surface area contributed by atoms with Gasteiger partial charge in [-0.2, -0.15) is 0 Å². The average molecular weight is 217 g/mol. The lowest BCUT2D eigenvalue weighted by atomic mass is 9.89. The Labute approximate surface area is 97.1 Å². The van der Waals surface area contributed by atoms with Crippen molar-refractivity contribution in [2.24, 2.45) is 5.92 Å². The van der Waals surface area contributed by atoms with Crippen molar-refractivity contribution in [1.29, 1.82) is 0 Å². The maximum absolute atomic E-state index is 11.8. The van der Waals surface area contributed by atoms with Crippen LogP contribution in [0.2, 0.25) is 0 Å². The van der Waals surface area contributed by atoms with Gasteiger partial charge in [0.1, 0.15) is 0 Å². The highest BCUT2D eigenvalue weighted by Crippen LogP contribution is 2.25. The van der Waals surface area contributed by atoms with Crippen molar-refractivity contribution in [3.05, 3.63) is 34.9 Å². The van der Waals surface area contributed by atoms with Gasteiger partial charge in [0.2, 0.25) is 0 Å². The van der Waals surface area contributed by atoms with Crippen molar-refractivity contribution < 1.29 is 4.79 Å². The molecule has 1 aromatic rings. The zero-order chi connectivity index (χ0) is 11.7. The molecule has 16 heavy (non-hydrogen) atoms. The second-order valence-corrected chi connectivity index (χ2v) is 5.13. The van der Waals surface area contributed by atoms with E-state index >= 15 is 0 Å². The van der Waals surface area contributed by atoms with Crippen LogP contribution in [0, 0.1) is 5.92 Å². The number of fused-ring (bicyclic) bond motifs is 1. The Morgan fingerprint density at radius 2 is 2.19 bits per heavy atom. The molecule has 0 aliphatic carbocycles. The van der Waals surface area contributed by atoms with Gasteiger partial charge in [-0.1, -0.05) is 32.9 Å². The summed E-state index contributed by atoms with van der Waals surface area (Å²) in [6.07, 6.45) is 1.04. The lowest BCUT2D eigenvalue weighted by molar-refractivity contribution is 0.0941. The number of carbonyl (C=O) groups is 1. The summed E-state index contributed by atoms with van der Waals surface area (Å²) in [4.78, 5) is 11.8. The lowest BCUT2D eigenvalue weighted by Crippen LogP contribution is -2.34. The SMILES string of the molecule is CC(C)Cc1ccc2c(c1)C(=O)NCC2C. The minimum atomic E-state index is 0.0821. The first kappa shape index (κ1) is 11.2. The van der Waals surface area contributed by atoms with Crippen molar-refractivity contribution in [3.63, 3.8) is 0 Å². The summed E-state index contributed by atoms with van der Waals surface area (Å²) >= 11 is 0. The Hall–Kier alpha value is -1.31. The second kappa shape index (κ2) is 4.28. The third kappa shape index (κ3) is 2.11. The van der Waals surface area contributed by atoms with Gasteiger partial charge in [-0.15, -0.1) is 0 Å². The van der Waals surface area contributed by atoms with E-state index in [2.05, 4.69) is 44.3 Å². The van der Waals surface area contributed by atoms with E-state index in [1.54, 1.807) is 0 Å². The number of amides is 1. The van der Waals surface area contributed by atoms with Gasteiger partial charge in [-0.05, 0) is 35.4 Å². The van der Waals surface area contributed by atoms with Crippen LogP contribution < -0.4 is 5.32 Å². The van der Waals surface area contributed by atoms with Gasteiger partial charge in [-0.3, -0.25) is 4.79 Å². The molecule has 1 amide bonds. The van der Waals surface area contributed by atoms with Crippen LogP contribution in [0.4, 0.5) is 0 Å². The number of rotatable bonds is 2. The number of benzene rings is 1. The fourth-order valence-corrected chi connectivity index (χ4v) is 2.28. The summed E-state index contributed by atoms with van der Waals surface area (Å²) in [5.41, 5.74) is 3.33. The third-order valence-corrected chi connectivity index (χ3v) is 3.11. The van der Waals surface area contributed by atoms with Gasteiger partial charge in [0, 0.05) is 12.1 Å². The molecule has 0 aromatic heterocycles. The number of nitrogens with one attached hydrogen (secondary N) is 1. The number of carbonyl (C=O) groups excluding carboxylic acids is 1. The summed E-state index contributed by atoms with van der Waals surface area (Å²) in [5.74, 6) is 1.14. The largest absolute Gasteiger partial charge is 0.351 e. The van der Waals surface area contributed by atoms with Crippen LogP contribution in [-0.2, 0) is 6.42 Å². The minimum Gasteiger partial charge on any atom is -0.351 e. The zero-order valence-electron chi connectivity index (χ0n) is 10.2. The van der Waals surface area contributed by atoms with E-state index in [0.29, 0.717) is 11.8 Å². The highest BCUT2D eigenvalue weighted by Gasteiger charge is 2.22. The molecule has 0 spiro atoms. The van der Waals surface area contributed by atoms with Gasteiger partial charge in [0.15, 0.2) is 0 Å². The van der Waals surface area contributed by atoms with E-state index in [4.69, 9.17) is 0 Å². The predicted octanol–water partition coefficient (Wildman–Crippen LogP) is 2.73. The summed E-state index contributed by atoms with van der Waals surface area (Å²) in [5, 5.41) is 2.93. The number of hydrogen-bond acceptors (Lipinski definition) is 1. The number of hydrogen-bond donors (Lipinski definition) is 1. The minimum absolute atomic E-state index is 0.0821. The van der Waals surface area contributed by atoms with Gasteiger partial charge in [0.05, 0.1) is 0 Å². The molecule has 0 bridgehead atoms. The molecule has 86 valence electrons. The summed E-state index contributed by atoms with van der Waals surface area (Å²) in [6.45, 7) is 7.31. The molecule has 1 aromatic carbocycles. The molecule has 2 heteroatoms. The van der Waals surface area contributed by atoms with Crippen molar-refractivity contribution >= 4 is 5.91 Å². The molecule has 0 radical (unpaired) electrons. The summed E-state index contributed by atoms with van der Waals surface area (Å²) in [6, 6.07) is 6.34. The van der Waals surface area contributed by atoms with Crippen LogP contribution >= 0.6 is 0 Å². The van der Waals surface area contributed by atoms with Gasteiger partial charge in [0.25, 0.3) is 5.91 Å². The fraction of sp³-hybridized carbons (Fsp3) is 0.500. The molecular formula is C14H19NO. The Bertz CT molecular complexity index is 409. The second-order valence-electron chi connectivity index (χ2n) is 5.13. The standard InChI is InChI=1S/C14H19NO/c1-9(2)6-11-4-5-12-10(3)8-15-14(16)13(12)7-11/h4-5,7,9-10H,6,8H2,1-3H3,(H,15,16). The Morgan fingerprint density at radius 1 is 1.44 bits per heavy atom.